The Bertz CT molecular complexity index is 455. The summed E-state index contributed by atoms with van der Waals surface area (Å²) in [6.45, 7) is 3.35. The van der Waals surface area contributed by atoms with Crippen LogP contribution in [0.4, 0.5) is 13.2 Å². The third-order valence-electron chi connectivity index (χ3n) is 2.67. The van der Waals surface area contributed by atoms with Crippen molar-refractivity contribution in [2.24, 2.45) is 5.73 Å². The SMILES string of the molecule is CCOC(=O)CC(C)(N)c1cccc(C(F)(F)F)c1. The average Bonchev–Trinajstić information content (AvgIpc) is 2.27. The number of halogens is 3. The van der Waals surface area contributed by atoms with E-state index in [-0.39, 0.29) is 18.6 Å². The number of carbonyl (C=O) groups is 1. The van der Waals surface area contributed by atoms with Gasteiger partial charge in [-0.25, -0.2) is 0 Å². The minimum atomic E-state index is -4.43. The number of hydrogen-bond acceptors (Lipinski definition) is 3. The molecule has 0 aliphatic rings. The highest BCUT2D eigenvalue weighted by Gasteiger charge is 2.33. The Labute approximate surface area is 109 Å². The topological polar surface area (TPSA) is 52.3 Å². The maximum Gasteiger partial charge on any atom is 0.416 e. The molecule has 0 radical (unpaired) electrons. The molecule has 1 rings (SSSR count). The van der Waals surface area contributed by atoms with Gasteiger partial charge in [0.25, 0.3) is 0 Å². The van der Waals surface area contributed by atoms with Gasteiger partial charge in [-0.15, -0.1) is 0 Å². The molecule has 1 atom stereocenters. The molecule has 0 saturated heterocycles. The number of nitrogens with two attached hydrogens (primary N) is 1. The molecule has 0 fully saturated rings. The Morgan fingerprint density at radius 1 is 1.32 bits per heavy atom. The first-order valence-corrected chi connectivity index (χ1v) is 5.79. The van der Waals surface area contributed by atoms with E-state index in [2.05, 4.69) is 0 Å². The van der Waals surface area contributed by atoms with Crippen LogP contribution in [0.3, 0.4) is 0 Å². The summed E-state index contributed by atoms with van der Waals surface area (Å²) in [5, 5.41) is 0. The molecule has 0 heterocycles. The van der Waals surface area contributed by atoms with Gasteiger partial charge < -0.3 is 10.5 Å². The van der Waals surface area contributed by atoms with Crippen molar-refractivity contribution in [2.45, 2.75) is 32.0 Å². The van der Waals surface area contributed by atoms with E-state index in [9.17, 15) is 18.0 Å². The molecule has 0 aliphatic carbocycles. The van der Waals surface area contributed by atoms with E-state index in [1.54, 1.807) is 6.92 Å². The van der Waals surface area contributed by atoms with Crippen LogP contribution in [0.15, 0.2) is 24.3 Å². The van der Waals surface area contributed by atoms with E-state index in [0.29, 0.717) is 0 Å². The summed E-state index contributed by atoms with van der Waals surface area (Å²) < 4.78 is 42.6. The van der Waals surface area contributed by atoms with E-state index in [4.69, 9.17) is 10.5 Å². The summed E-state index contributed by atoms with van der Waals surface area (Å²) in [5.74, 6) is -0.537. The second-order valence-electron chi connectivity index (χ2n) is 4.48. The van der Waals surface area contributed by atoms with Crippen LogP contribution in [0.2, 0.25) is 0 Å². The fourth-order valence-corrected chi connectivity index (χ4v) is 1.66. The lowest BCUT2D eigenvalue weighted by atomic mass is 9.88. The average molecular weight is 275 g/mol. The molecule has 6 heteroatoms. The van der Waals surface area contributed by atoms with Crippen LogP contribution in [-0.4, -0.2) is 12.6 Å². The predicted octanol–water partition coefficient (Wildman–Crippen LogP) is 2.83. The lowest BCUT2D eigenvalue weighted by Gasteiger charge is -2.25. The summed E-state index contributed by atoms with van der Waals surface area (Å²) in [6, 6.07) is 4.66. The Morgan fingerprint density at radius 3 is 2.42 bits per heavy atom. The van der Waals surface area contributed by atoms with E-state index in [0.717, 1.165) is 12.1 Å². The fraction of sp³-hybridized carbons (Fsp3) is 0.462. The predicted molar refractivity (Wildman–Crippen MR) is 64.2 cm³/mol. The van der Waals surface area contributed by atoms with Crippen molar-refractivity contribution in [3.63, 3.8) is 0 Å². The molecule has 2 N–H and O–H groups in total. The van der Waals surface area contributed by atoms with Gasteiger partial charge in [-0.1, -0.05) is 12.1 Å². The molecule has 106 valence electrons. The zero-order valence-corrected chi connectivity index (χ0v) is 10.8. The molecule has 0 saturated carbocycles. The van der Waals surface area contributed by atoms with Gasteiger partial charge in [-0.05, 0) is 31.5 Å². The first-order valence-electron chi connectivity index (χ1n) is 5.79. The molecule has 1 aromatic carbocycles. The molecule has 0 spiro atoms. The summed E-state index contributed by atoms with van der Waals surface area (Å²) in [4.78, 5) is 11.4. The normalized spacial score (nSPS) is 14.8. The highest BCUT2D eigenvalue weighted by Crippen LogP contribution is 2.32. The summed E-state index contributed by atoms with van der Waals surface area (Å²) in [5.41, 5.74) is 4.17. The van der Waals surface area contributed by atoms with Gasteiger partial charge in [-0.3, -0.25) is 4.79 Å². The molecule has 1 aromatic rings. The van der Waals surface area contributed by atoms with E-state index >= 15 is 0 Å². The molecular formula is C13H16F3NO2. The third kappa shape index (κ3) is 4.24. The van der Waals surface area contributed by atoms with Gasteiger partial charge in [0, 0.05) is 5.54 Å². The van der Waals surface area contributed by atoms with E-state index in [1.165, 1.54) is 19.1 Å². The fourth-order valence-electron chi connectivity index (χ4n) is 1.66. The van der Waals surface area contributed by atoms with Gasteiger partial charge >= 0.3 is 12.1 Å². The van der Waals surface area contributed by atoms with Crippen LogP contribution in [0.1, 0.15) is 31.4 Å². The minimum absolute atomic E-state index is 0.178. The van der Waals surface area contributed by atoms with Crippen LogP contribution in [0.5, 0.6) is 0 Å². The number of alkyl halides is 3. The van der Waals surface area contributed by atoms with Gasteiger partial charge in [0.1, 0.15) is 0 Å². The maximum atomic E-state index is 12.6. The second kappa shape index (κ2) is 5.61. The van der Waals surface area contributed by atoms with Crippen molar-refractivity contribution in [2.75, 3.05) is 6.61 Å². The van der Waals surface area contributed by atoms with Crippen LogP contribution in [0.25, 0.3) is 0 Å². The number of rotatable bonds is 4. The smallest absolute Gasteiger partial charge is 0.416 e. The number of benzene rings is 1. The number of esters is 1. The monoisotopic (exact) mass is 275 g/mol. The summed E-state index contributed by atoms with van der Waals surface area (Å²) >= 11 is 0. The van der Waals surface area contributed by atoms with Crippen molar-refractivity contribution in [1.29, 1.82) is 0 Å². The first kappa shape index (κ1) is 15.5. The Hall–Kier alpha value is -1.56. The third-order valence-corrected chi connectivity index (χ3v) is 2.67. The van der Waals surface area contributed by atoms with Crippen molar-refractivity contribution in [3.8, 4) is 0 Å². The minimum Gasteiger partial charge on any atom is -0.466 e. The van der Waals surface area contributed by atoms with Gasteiger partial charge in [0.2, 0.25) is 0 Å². The molecule has 0 bridgehead atoms. The summed E-state index contributed by atoms with van der Waals surface area (Å²) in [6.07, 6.45) is -4.61. The maximum absolute atomic E-state index is 12.6. The Kier molecular flexibility index (Phi) is 4.57. The molecule has 0 amide bonds. The quantitative estimate of drug-likeness (QED) is 0.860. The Morgan fingerprint density at radius 2 is 1.89 bits per heavy atom. The lowest BCUT2D eigenvalue weighted by Crippen LogP contribution is -2.36. The van der Waals surface area contributed by atoms with Gasteiger partial charge in [0.15, 0.2) is 0 Å². The zero-order valence-electron chi connectivity index (χ0n) is 10.8. The lowest BCUT2D eigenvalue weighted by molar-refractivity contribution is -0.144. The standard InChI is InChI=1S/C13H16F3NO2/c1-3-19-11(18)8-12(2,17)9-5-4-6-10(7-9)13(14,15)16/h4-7H,3,8,17H2,1-2H3. The molecule has 0 aromatic heterocycles. The molecule has 3 nitrogen and oxygen atoms in total. The second-order valence-corrected chi connectivity index (χ2v) is 4.48. The van der Waals surface area contributed by atoms with Crippen molar-refractivity contribution in [3.05, 3.63) is 35.4 Å². The van der Waals surface area contributed by atoms with Crippen molar-refractivity contribution >= 4 is 5.97 Å². The van der Waals surface area contributed by atoms with Crippen LogP contribution in [-0.2, 0) is 21.2 Å². The number of hydrogen-bond donors (Lipinski definition) is 1. The van der Waals surface area contributed by atoms with E-state index < -0.39 is 23.2 Å². The van der Waals surface area contributed by atoms with Crippen molar-refractivity contribution < 1.29 is 22.7 Å². The molecule has 0 aliphatic heterocycles. The van der Waals surface area contributed by atoms with E-state index in [1.807, 2.05) is 0 Å². The van der Waals surface area contributed by atoms with Crippen LogP contribution < -0.4 is 5.73 Å². The van der Waals surface area contributed by atoms with Crippen LogP contribution >= 0.6 is 0 Å². The first-order chi connectivity index (χ1) is 8.66. The molecular weight excluding hydrogens is 259 g/mol. The molecule has 19 heavy (non-hydrogen) atoms. The van der Waals surface area contributed by atoms with Crippen LogP contribution in [0, 0.1) is 0 Å². The zero-order chi connectivity index (χ0) is 14.7. The van der Waals surface area contributed by atoms with Gasteiger partial charge in [-0.2, -0.15) is 13.2 Å². The highest BCUT2D eigenvalue weighted by atomic mass is 19.4. The van der Waals surface area contributed by atoms with Gasteiger partial charge in [0.05, 0.1) is 18.6 Å². The molecule has 1 unspecified atom stereocenters. The number of ether oxygens (including phenoxy) is 1. The number of carbonyl (C=O) groups excluding carboxylic acids is 1. The Balaban J connectivity index is 2.98. The summed E-state index contributed by atoms with van der Waals surface area (Å²) in [7, 11) is 0. The largest absolute Gasteiger partial charge is 0.466 e. The van der Waals surface area contributed by atoms with Crippen molar-refractivity contribution in [1.82, 2.24) is 0 Å². The highest BCUT2D eigenvalue weighted by molar-refractivity contribution is 5.71.